The molecule has 4 nitrogen and oxygen atoms in total. The lowest BCUT2D eigenvalue weighted by Gasteiger charge is -2.40. The van der Waals surface area contributed by atoms with Gasteiger partial charge >= 0.3 is 0 Å². The maximum Gasteiger partial charge on any atom is 0.213 e. The number of hydroxylamine groups is 2. The Labute approximate surface area is 149 Å². The first kappa shape index (κ1) is 16.7. The van der Waals surface area contributed by atoms with E-state index in [1.165, 1.54) is 24.8 Å². The first-order valence-corrected chi connectivity index (χ1v) is 9.24. The van der Waals surface area contributed by atoms with Gasteiger partial charge in [-0.25, -0.2) is 9.78 Å². The topological polar surface area (TPSA) is 30.9 Å². The highest BCUT2D eigenvalue weighted by atomic mass is 17.3. The Hall–Kier alpha value is -1.72. The van der Waals surface area contributed by atoms with Crippen LogP contribution in [0.1, 0.15) is 49.5 Å². The summed E-state index contributed by atoms with van der Waals surface area (Å²) in [6.07, 6.45) is 5.41. The maximum atomic E-state index is 6.28. The predicted octanol–water partition coefficient (Wildman–Crippen LogP) is 4.99. The van der Waals surface area contributed by atoms with Gasteiger partial charge in [-0.05, 0) is 18.4 Å². The molecule has 4 heteroatoms. The highest BCUT2D eigenvalue weighted by Gasteiger charge is 2.37. The second kappa shape index (κ2) is 8.11. The molecule has 0 aromatic heterocycles. The van der Waals surface area contributed by atoms with E-state index < -0.39 is 0 Å². The molecular formula is C21H25NO3. The summed E-state index contributed by atoms with van der Waals surface area (Å²) < 4.78 is 0. The molecule has 1 heterocycles. The van der Waals surface area contributed by atoms with E-state index in [9.17, 15) is 0 Å². The van der Waals surface area contributed by atoms with Crippen LogP contribution in [0.25, 0.3) is 0 Å². The van der Waals surface area contributed by atoms with E-state index in [0.29, 0.717) is 12.5 Å². The Balaban J connectivity index is 1.52. The van der Waals surface area contributed by atoms with Crippen molar-refractivity contribution in [2.75, 3.05) is 0 Å². The molecule has 1 saturated heterocycles. The fourth-order valence-corrected chi connectivity index (χ4v) is 3.66. The van der Waals surface area contributed by atoms with Crippen LogP contribution in [-0.2, 0) is 21.2 Å². The molecule has 2 aliphatic rings. The smallest absolute Gasteiger partial charge is 0.213 e. The Kier molecular flexibility index (Phi) is 5.43. The van der Waals surface area contributed by atoms with E-state index in [1.807, 2.05) is 53.6 Å². The summed E-state index contributed by atoms with van der Waals surface area (Å²) in [4.78, 5) is 17.8. The van der Waals surface area contributed by atoms with Crippen molar-refractivity contribution in [3.8, 4) is 0 Å². The molecule has 0 spiro atoms. The van der Waals surface area contributed by atoms with Gasteiger partial charge in [0, 0.05) is 11.5 Å². The Morgan fingerprint density at radius 1 is 0.800 bits per heavy atom. The second-order valence-electron chi connectivity index (χ2n) is 6.89. The van der Waals surface area contributed by atoms with Crippen molar-refractivity contribution in [2.45, 2.75) is 51.2 Å². The third kappa shape index (κ3) is 4.10. The van der Waals surface area contributed by atoms with Crippen LogP contribution in [0, 0.1) is 5.92 Å². The van der Waals surface area contributed by atoms with Gasteiger partial charge in [-0.15, -0.1) is 5.06 Å². The normalized spacial score (nSPS) is 25.8. The van der Waals surface area contributed by atoms with E-state index in [4.69, 9.17) is 14.6 Å². The molecule has 2 aromatic carbocycles. The number of benzene rings is 2. The number of rotatable bonds is 4. The number of nitrogens with zero attached hydrogens (tertiary/aromatic N) is 1. The molecule has 1 aliphatic heterocycles. The largest absolute Gasteiger partial charge is 0.261 e. The highest BCUT2D eigenvalue weighted by molar-refractivity contribution is 5.18. The van der Waals surface area contributed by atoms with Gasteiger partial charge in [-0.2, -0.15) is 0 Å². The Bertz CT molecular complexity index is 643. The Morgan fingerprint density at radius 3 is 2.20 bits per heavy atom. The molecule has 0 bridgehead atoms. The van der Waals surface area contributed by atoms with Gasteiger partial charge in [-0.1, -0.05) is 79.9 Å². The van der Waals surface area contributed by atoms with Crippen molar-refractivity contribution in [3.63, 3.8) is 0 Å². The second-order valence-corrected chi connectivity index (χ2v) is 6.89. The minimum absolute atomic E-state index is 0.316. The van der Waals surface area contributed by atoms with Crippen LogP contribution < -0.4 is 0 Å². The standard InChI is InChI=1S/C21H25NO3/c1-4-10-17(11-5-1)16-22-20(18-12-6-2-7-13-18)24-25-21(23-22)19-14-8-3-9-15-19/h1-2,4-7,10-13,19-21H,3,8-9,14-16H2. The molecular weight excluding hydrogens is 314 g/mol. The van der Waals surface area contributed by atoms with E-state index in [1.54, 1.807) is 0 Å². The first-order valence-electron chi connectivity index (χ1n) is 9.24. The van der Waals surface area contributed by atoms with Crippen molar-refractivity contribution >= 4 is 0 Å². The van der Waals surface area contributed by atoms with Crippen molar-refractivity contribution in [3.05, 3.63) is 71.8 Å². The molecule has 2 fully saturated rings. The monoisotopic (exact) mass is 339 g/mol. The lowest BCUT2D eigenvalue weighted by molar-refractivity contribution is -0.541. The molecule has 0 N–H and O–H groups in total. The van der Waals surface area contributed by atoms with Crippen molar-refractivity contribution in [2.24, 2.45) is 5.92 Å². The first-order chi connectivity index (χ1) is 12.4. The summed E-state index contributed by atoms with van der Waals surface area (Å²) in [5, 5.41) is 1.92. The average Bonchev–Trinajstić information content (AvgIpc) is 2.70. The number of hydrogen-bond donors (Lipinski definition) is 0. The zero-order valence-corrected chi connectivity index (χ0v) is 14.4. The molecule has 1 aliphatic carbocycles. The summed E-state index contributed by atoms with van der Waals surface area (Å²) in [5.41, 5.74) is 2.22. The molecule has 2 aromatic rings. The van der Waals surface area contributed by atoms with E-state index >= 15 is 0 Å². The summed E-state index contributed by atoms with van der Waals surface area (Å²) in [5.74, 6) is 0.406. The fraction of sp³-hybridized carbons (Fsp3) is 0.429. The Morgan fingerprint density at radius 2 is 1.48 bits per heavy atom. The van der Waals surface area contributed by atoms with Crippen molar-refractivity contribution in [1.29, 1.82) is 0 Å². The summed E-state index contributed by atoms with van der Waals surface area (Å²) in [7, 11) is 0. The molecule has 2 unspecified atom stereocenters. The maximum absolute atomic E-state index is 6.28. The van der Waals surface area contributed by atoms with Gasteiger partial charge in [0.05, 0.1) is 6.54 Å². The van der Waals surface area contributed by atoms with Crippen LogP contribution in [0.15, 0.2) is 60.7 Å². The third-order valence-corrected chi connectivity index (χ3v) is 5.04. The van der Waals surface area contributed by atoms with Gasteiger partial charge in [0.1, 0.15) is 0 Å². The van der Waals surface area contributed by atoms with Crippen LogP contribution >= 0.6 is 0 Å². The summed E-state index contributed by atoms with van der Waals surface area (Å²) in [6, 6.07) is 20.4. The molecule has 4 rings (SSSR count). The van der Waals surface area contributed by atoms with Crippen LogP contribution in [0.5, 0.6) is 0 Å². The lowest BCUT2D eigenvalue weighted by atomic mass is 9.89. The fourth-order valence-electron chi connectivity index (χ4n) is 3.66. The quantitative estimate of drug-likeness (QED) is 0.735. The van der Waals surface area contributed by atoms with Gasteiger partial charge in [0.2, 0.25) is 6.29 Å². The van der Waals surface area contributed by atoms with Gasteiger partial charge in [-0.3, -0.25) is 4.84 Å². The molecule has 0 amide bonds. The van der Waals surface area contributed by atoms with Crippen molar-refractivity contribution in [1.82, 2.24) is 5.06 Å². The molecule has 25 heavy (non-hydrogen) atoms. The van der Waals surface area contributed by atoms with Crippen LogP contribution in [0.3, 0.4) is 0 Å². The van der Waals surface area contributed by atoms with Crippen LogP contribution in [0.2, 0.25) is 0 Å². The predicted molar refractivity (Wildman–Crippen MR) is 94.8 cm³/mol. The van der Waals surface area contributed by atoms with Gasteiger partial charge in [0.25, 0.3) is 0 Å². The third-order valence-electron chi connectivity index (χ3n) is 5.04. The van der Waals surface area contributed by atoms with Crippen LogP contribution in [0.4, 0.5) is 0 Å². The minimum Gasteiger partial charge on any atom is -0.261 e. The number of hydrogen-bond acceptors (Lipinski definition) is 4. The molecule has 132 valence electrons. The lowest BCUT2D eigenvalue weighted by Crippen LogP contribution is -2.44. The zero-order chi connectivity index (χ0) is 16.9. The van der Waals surface area contributed by atoms with E-state index in [0.717, 1.165) is 18.4 Å². The average molecular weight is 339 g/mol. The van der Waals surface area contributed by atoms with Crippen molar-refractivity contribution < 1.29 is 14.6 Å². The highest BCUT2D eigenvalue weighted by Crippen LogP contribution is 2.36. The van der Waals surface area contributed by atoms with Crippen LogP contribution in [-0.4, -0.2) is 11.4 Å². The van der Waals surface area contributed by atoms with Gasteiger partial charge < -0.3 is 0 Å². The summed E-state index contributed by atoms with van der Waals surface area (Å²) in [6.45, 7) is 0.660. The molecule has 0 radical (unpaired) electrons. The summed E-state index contributed by atoms with van der Waals surface area (Å²) >= 11 is 0. The minimum atomic E-state index is -0.360. The zero-order valence-electron chi connectivity index (χ0n) is 14.4. The van der Waals surface area contributed by atoms with Gasteiger partial charge in [0.15, 0.2) is 6.23 Å². The van der Waals surface area contributed by atoms with E-state index in [-0.39, 0.29) is 12.5 Å². The molecule has 1 saturated carbocycles. The SMILES string of the molecule is c1ccc(CN2OC(C3CCCCC3)OOC2c2ccccc2)cc1. The van der Waals surface area contributed by atoms with E-state index in [2.05, 4.69) is 12.1 Å². The molecule has 2 atom stereocenters.